The molecule has 0 radical (unpaired) electrons. The highest BCUT2D eigenvalue weighted by Gasteiger charge is 2.04. The van der Waals surface area contributed by atoms with Gasteiger partial charge in [0.15, 0.2) is 6.61 Å². The molecule has 0 aliphatic heterocycles. The van der Waals surface area contributed by atoms with Crippen LogP contribution in [0.1, 0.15) is 20.3 Å². The van der Waals surface area contributed by atoms with Crippen molar-refractivity contribution in [2.45, 2.75) is 20.3 Å². The van der Waals surface area contributed by atoms with Gasteiger partial charge in [-0.2, -0.15) is 0 Å². The lowest BCUT2D eigenvalue weighted by molar-refractivity contribution is -0.123. The van der Waals surface area contributed by atoms with E-state index in [1.54, 1.807) is 24.3 Å². The summed E-state index contributed by atoms with van der Waals surface area (Å²) < 4.78 is 5.32. The number of ether oxygens (including phenoxy) is 1. The van der Waals surface area contributed by atoms with Crippen molar-refractivity contribution < 1.29 is 9.53 Å². The summed E-state index contributed by atoms with van der Waals surface area (Å²) in [5, 5.41) is 2.82. The highest BCUT2D eigenvalue weighted by Crippen LogP contribution is 2.13. The van der Waals surface area contributed by atoms with E-state index in [0.717, 1.165) is 6.42 Å². The minimum absolute atomic E-state index is 0.0277. The van der Waals surface area contributed by atoms with Gasteiger partial charge < -0.3 is 15.8 Å². The van der Waals surface area contributed by atoms with Crippen molar-refractivity contribution in [1.82, 2.24) is 5.32 Å². The smallest absolute Gasteiger partial charge is 0.257 e. The number of rotatable bonds is 6. The molecule has 1 rings (SSSR count). The van der Waals surface area contributed by atoms with E-state index >= 15 is 0 Å². The molecular weight excluding hydrogens is 216 g/mol. The van der Waals surface area contributed by atoms with E-state index in [1.165, 1.54) is 0 Å². The van der Waals surface area contributed by atoms with E-state index in [2.05, 4.69) is 19.2 Å². The van der Waals surface area contributed by atoms with Gasteiger partial charge in [-0.3, -0.25) is 4.79 Å². The second-order valence-corrected chi connectivity index (χ2v) is 4.18. The Labute approximate surface area is 102 Å². The Hall–Kier alpha value is -1.71. The van der Waals surface area contributed by atoms with Gasteiger partial charge in [-0.1, -0.05) is 26.3 Å². The van der Waals surface area contributed by atoms with Crippen molar-refractivity contribution in [3.8, 4) is 5.75 Å². The molecule has 1 atom stereocenters. The van der Waals surface area contributed by atoms with Gasteiger partial charge in [0.05, 0.1) is 0 Å². The number of carbonyl (C=O) groups is 1. The summed E-state index contributed by atoms with van der Waals surface area (Å²) in [5.74, 6) is 1.00. The SMILES string of the molecule is CCC(C)CNC(=O)COc1cccc(N)c1. The number of nitrogens with two attached hydrogens (primary N) is 1. The Morgan fingerprint density at radius 1 is 1.53 bits per heavy atom. The first kappa shape index (κ1) is 13.4. The van der Waals surface area contributed by atoms with E-state index in [1.807, 2.05) is 0 Å². The van der Waals surface area contributed by atoms with Crippen molar-refractivity contribution in [1.29, 1.82) is 0 Å². The van der Waals surface area contributed by atoms with Crippen LogP contribution in [0.15, 0.2) is 24.3 Å². The first-order valence-corrected chi connectivity index (χ1v) is 5.87. The first-order valence-electron chi connectivity index (χ1n) is 5.87. The number of nitrogen functional groups attached to an aromatic ring is 1. The number of carbonyl (C=O) groups excluding carboxylic acids is 1. The average molecular weight is 236 g/mol. The van der Waals surface area contributed by atoms with E-state index < -0.39 is 0 Å². The number of nitrogens with one attached hydrogen (secondary N) is 1. The molecule has 0 saturated heterocycles. The molecule has 3 N–H and O–H groups in total. The zero-order valence-electron chi connectivity index (χ0n) is 10.4. The van der Waals surface area contributed by atoms with Crippen LogP contribution in [0, 0.1) is 5.92 Å². The molecule has 0 aliphatic rings. The normalized spacial score (nSPS) is 11.9. The summed E-state index contributed by atoms with van der Waals surface area (Å²) in [6, 6.07) is 7.04. The maximum Gasteiger partial charge on any atom is 0.257 e. The second-order valence-electron chi connectivity index (χ2n) is 4.18. The fourth-order valence-corrected chi connectivity index (χ4v) is 1.24. The van der Waals surface area contributed by atoms with Gasteiger partial charge >= 0.3 is 0 Å². The third kappa shape index (κ3) is 5.24. The Morgan fingerprint density at radius 2 is 2.29 bits per heavy atom. The van der Waals surface area contributed by atoms with Gasteiger partial charge in [-0.25, -0.2) is 0 Å². The summed E-state index contributed by atoms with van der Waals surface area (Å²) in [5.41, 5.74) is 6.23. The van der Waals surface area contributed by atoms with Crippen LogP contribution in [0.3, 0.4) is 0 Å². The molecule has 0 saturated carbocycles. The monoisotopic (exact) mass is 236 g/mol. The van der Waals surface area contributed by atoms with Crippen LogP contribution in [-0.4, -0.2) is 19.1 Å². The van der Waals surface area contributed by atoms with Crippen molar-refractivity contribution in [3.05, 3.63) is 24.3 Å². The summed E-state index contributed by atoms with van der Waals surface area (Å²) in [6.07, 6.45) is 1.05. The summed E-state index contributed by atoms with van der Waals surface area (Å²) in [4.78, 5) is 11.5. The Bertz CT molecular complexity index is 366. The van der Waals surface area contributed by atoms with Crippen LogP contribution < -0.4 is 15.8 Å². The molecule has 1 aromatic rings. The second kappa shape index (κ2) is 6.78. The van der Waals surface area contributed by atoms with Crippen LogP contribution in [0.25, 0.3) is 0 Å². The van der Waals surface area contributed by atoms with Crippen LogP contribution in [-0.2, 0) is 4.79 Å². The number of benzene rings is 1. The fourth-order valence-electron chi connectivity index (χ4n) is 1.24. The molecule has 0 aliphatic carbocycles. The highest BCUT2D eigenvalue weighted by atomic mass is 16.5. The molecule has 0 heterocycles. The maximum atomic E-state index is 11.5. The van der Waals surface area contributed by atoms with Gasteiger partial charge in [-0.05, 0) is 18.1 Å². The Kier molecular flexibility index (Phi) is 5.33. The summed E-state index contributed by atoms with van der Waals surface area (Å²) in [6.45, 7) is 4.91. The third-order valence-corrected chi connectivity index (χ3v) is 2.57. The maximum absolute atomic E-state index is 11.5. The molecule has 4 nitrogen and oxygen atoms in total. The molecule has 94 valence electrons. The molecule has 1 aromatic carbocycles. The summed E-state index contributed by atoms with van der Waals surface area (Å²) in [7, 11) is 0. The number of amides is 1. The minimum atomic E-state index is -0.104. The Balaban J connectivity index is 2.28. The van der Waals surface area contributed by atoms with Gasteiger partial charge in [0, 0.05) is 18.3 Å². The van der Waals surface area contributed by atoms with Crippen molar-refractivity contribution in [2.75, 3.05) is 18.9 Å². The quantitative estimate of drug-likeness (QED) is 0.740. The average Bonchev–Trinajstić information content (AvgIpc) is 2.33. The molecule has 0 aromatic heterocycles. The lowest BCUT2D eigenvalue weighted by Crippen LogP contribution is -2.32. The van der Waals surface area contributed by atoms with Gasteiger partial charge in [0.2, 0.25) is 0 Å². The number of anilines is 1. The standard InChI is InChI=1S/C13H20N2O2/c1-3-10(2)8-15-13(16)9-17-12-6-4-5-11(14)7-12/h4-7,10H,3,8-9,14H2,1-2H3,(H,15,16). The van der Waals surface area contributed by atoms with E-state index in [-0.39, 0.29) is 12.5 Å². The predicted octanol–water partition coefficient (Wildman–Crippen LogP) is 1.81. The molecule has 0 fully saturated rings. The number of hydrogen-bond donors (Lipinski definition) is 2. The third-order valence-electron chi connectivity index (χ3n) is 2.57. The van der Waals surface area contributed by atoms with Gasteiger partial charge in [-0.15, -0.1) is 0 Å². The van der Waals surface area contributed by atoms with Gasteiger partial charge in [0.1, 0.15) is 5.75 Å². The zero-order valence-corrected chi connectivity index (χ0v) is 10.4. The first-order chi connectivity index (χ1) is 8.11. The highest BCUT2D eigenvalue weighted by molar-refractivity contribution is 5.77. The van der Waals surface area contributed by atoms with E-state index in [0.29, 0.717) is 23.9 Å². The van der Waals surface area contributed by atoms with E-state index in [9.17, 15) is 4.79 Å². The van der Waals surface area contributed by atoms with Gasteiger partial charge in [0.25, 0.3) is 5.91 Å². The van der Waals surface area contributed by atoms with Crippen LogP contribution in [0.2, 0.25) is 0 Å². The van der Waals surface area contributed by atoms with Crippen LogP contribution >= 0.6 is 0 Å². The lowest BCUT2D eigenvalue weighted by atomic mass is 10.1. The molecule has 0 bridgehead atoms. The number of hydrogen-bond acceptors (Lipinski definition) is 3. The fraction of sp³-hybridized carbons (Fsp3) is 0.462. The van der Waals surface area contributed by atoms with Crippen molar-refractivity contribution >= 4 is 11.6 Å². The molecular formula is C13H20N2O2. The van der Waals surface area contributed by atoms with Crippen LogP contribution in [0.5, 0.6) is 5.75 Å². The van der Waals surface area contributed by atoms with E-state index in [4.69, 9.17) is 10.5 Å². The molecule has 4 heteroatoms. The molecule has 17 heavy (non-hydrogen) atoms. The Morgan fingerprint density at radius 3 is 2.94 bits per heavy atom. The lowest BCUT2D eigenvalue weighted by Gasteiger charge is -2.11. The molecule has 1 unspecified atom stereocenters. The van der Waals surface area contributed by atoms with Crippen LogP contribution in [0.4, 0.5) is 5.69 Å². The topological polar surface area (TPSA) is 64.3 Å². The molecule has 1 amide bonds. The van der Waals surface area contributed by atoms with Crippen molar-refractivity contribution in [2.24, 2.45) is 5.92 Å². The summed E-state index contributed by atoms with van der Waals surface area (Å²) >= 11 is 0. The molecule has 0 spiro atoms. The minimum Gasteiger partial charge on any atom is -0.484 e. The largest absolute Gasteiger partial charge is 0.484 e. The van der Waals surface area contributed by atoms with Crippen molar-refractivity contribution in [3.63, 3.8) is 0 Å². The zero-order chi connectivity index (χ0) is 12.7. The predicted molar refractivity (Wildman–Crippen MR) is 68.8 cm³/mol.